The Balaban J connectivity index is 1.68. The van der Waals surface area contributed by atoms with Crippen LogP contribution in [0.15, 0.2) is 42.5 Å². The van der Waals surface area contributed by atoms with Crippen molar-refractivity contribution < 1.29 is 4.79 Å². The molecule has 1 saturated heterocycles. The lowest BCUT2D eigenvalue weighted by Gasteiger charge is -2.34. The number of hydrogen-bond donors (Lipinski definition) is 2. The molecule has 126 valence electrons. The third-order valence-electron chi connectivity index (χ3n) is 4.29. The van der Waals surface area contributed by atoms with Crippen molar-refractivity contribution in [3.63, 3.8) is 0 Å². The summed E-state index contributed by atoms with van der Waals surface area (Å²) in [5, 5.41) is 3.24. The largest absolute Gasteiger partial charge is 0.397 e. The van der Waals surface area contributed by atoms with Gasteiger partial charge in [-0.1, -0.05) is 17.7 Å². The van der Waals surface area contributed by atoms with Crippen molar-refractivity contribution >= 4 is 34.6 Å². The molecule has 1 fully saturated rings. The summed E-state index contributed by atoms with van der Waals surface area (Å²) in [6.45, 7) is 4.15. The number of amides is 1. The predicted octanol–water partition coefficient (Wildman–Crippen LogP) is 2.93. The van der Waals surface area contributed by atoms with Gasteiger partial charge in [-0.15, -0.1) is 0 Å². The first-order valence-electron chi connectivity index (χ1n) is 7.93. The van der Waals surface area contributed by atoms with Crippen LogP contribution in [0.25, 0.3) is 0 Å². The van der Waals surface area contributed by atoms with Crippen molar-refractivity contribution in [2.45, 2.75) is 0 Å². The van der Waals surface area contributed by atoms with Crippen molar-refractivity contribution in [1.82, 2.24) is 4.90 Å². The maximum Gasteiger partial charge on any atom is 0.257 e. The fourth-order valence-electron chi connectivity index (χ4n) is 2.75. The second-order valence-corrected chi connectivity index (χ2v) is 6.40. The van der Waals surface area contributed by atoms with Crippen LogP contribution in [0, 0.1) is 0 Å². The van der Waals surface area contributed by atoms with Crippen LogP contribution in [0.4, 0.5) is 17.1 Å². The number of nitrogens with one attached hydrogen (secondary N) is 1. The van der Waals surface area contributed by atoms with Crippen molar-refractivity contribution in [1.29, 1.82) is 0 Å². The van der Waals surface area contributed by atoms with Gasteiger partial charge in [0.05, 0.1) is 16.3 Å². The van der Waals surface area contributed by atoms with Gasteiger partial charge in [-0.05, 0) is 43.4 Å². The highest BCUT2D eigenvalue weighted by molar-refractivity contribution is 6.34. The molecular weight excluding hydrogens is 324 g/mol. The third kappa shape index (κ3) is 3.63. The molecule has 0 aliphatic carbocycles. The van der Waals surface area contributed by atoms with Gasteiger partial charge in [-0.25, -0.2) is 0 Å². The van der Waals surface area contributed by atoms with Crippen LogP contribution in [0.5, 0.6) is 0 Å². The molecule has 0 spiro atoms. The molecule has 1 aliphatic rings. The number of halogens is 1. The summed E-state index contributed by atoms with van der Waals surface area (Å²) in [4.78, 5) is 17.0. The topological polar surface area (TPSA) is 61.6 Å². The summed E-state index contributed by atoms with van der Waals surface area (Å²) < 4.78 is 0. The van der Waals surface area contributed by atoms with Crippen molar-refractivity contribution in [2.24, 2.45) is 0 Å². The van der Waals surface area contributed by atoms with Crippen LogP contribution in [0.2, 0.25) is 5.02 Å². The van der Waals surface area contributed by atoms with Crippen molar-refractivity contribution in [2.75, 3.05) is 49.2 Å². The number of para-hydroxylation sites is 1. The van der Waals surface area contributed by atoms with E-state index in [1.165, 1.54) is 5.69 Å². The minimum atomic E-state index is -0.262. The van der Waals surface area contributed by atoms with Gasteiger partial charge in [-0.2, -0.15) is 0 Å². The van der Waals surface area contributed by atoms with E-state index in [4.69, 9.17) is 17.3 Å². The Hall–Kier alpha value is -2.24. The first-order valence-corrected chi connectivity index (χ1v) is 8.31. The summed E-state index contributed by atoms with van der Waals surface area (Å²) in [6, 6.07) is 12.9. The fraction of sp³-hybridized carbons (Fsp3) is 0.278. The average molecular weight is 345 g/mol. The zero-order valence-electron chi connectivity index (χ0n) is 13.6. The van der Waals surface area contributed by atoms with E-state index in [-0.39, 0.29) is 5.91 Å². The number of nitrogens with two attached hydrogens (primary N) is 1. The van der Waals surface area contributed by atoms with Crippen LogP contribution in [-0.2, 0) is 0 Å². The Labute approximate surface area is 147 Å². The van der Waals surface area contributed by atoms with Gasteiger partial charge < -0.3 is 20.9 Å². The Morgan fingerprint density at radius 2 is 1.75 bits per heavy atom. The Morgan fingerprint density at radius 3 is 2.42 bits per heavy atom. The van der Waals surface area contributed by atoms with E-state index in [2.05, 4.69) is 22.2 Å². The van der Waals surface area contributed by atoms with Crippen molar-refractivity contribution in [3.8, 4) is 0 Å². The molecule has 0 unspecified atom stereocenters. The molecule has 0 atom stereocenters. The number of piperazine rings is 1. The summed E-state index contributed by atoms with van der Waals surface area (Å²) >= 11 is 5.96. The van der Waals surface area contributed by atoms with Gasteiger partial charge in [0, 0.05) is 37.6 Å². The predicted molar refractivity (Wildman–Crippen MR) is 100.0 cm³/mol. The average Bonchev–Trinajstić information content (AvgIpc) is 2.59. The molecule has 3 N–H and O–H groups in total. The van der Waals surface area contributed by atoms with Crippen LogP contribution >= 0.6 is 11.6 Å². The Morgan fingerprint density at radius 1 is 1.08 bits per heavy atom. The van der Waals surface area contributed by atoms with Crippen LogP contribution in [0.1, 0.15) is 10.4 Å². The maximum absolute atomic E-state index is 12.3. The minimum absolute atomic E-state index is 0.262. The molecule has 1 heterocycles. The van der Waals surface area contributed by atoms with Crippen molar-refractivity contribution in [3.05, 3.63) is 53.1 Å². The third-order valence-corrected chi connectivity index (χ3v) is 4.62. The zero-order valence-corrected chi connectivity index (χ0v) is 14.4. The number of hydrogen-bond acceptors (Lipinski definition) is 4. The number of anilines is 3. The summed E-state index contributed by atoms with van der Waals surface area (Å²) in [6.07, 6.45) is 0. The summed E-state index contributed by atoms with van der Waals surface area (Å²) in [7, 11) is 2.14. The van der Waals surface area contributed by atoms with E-state index in [0.717, 1.165) is 31.9 Å². The van der Waals surface area contributed by atoms with Crippen LogP contribution in [-0.4, -0.2) is 44.0 Å². The molecule has 0 saturated carbocycles. The lowest BCUT2D eigenvalue weighted by Crippen LogP contribution is -2.44. The minimum Gasteiger partial charge on any atom is -0.397 e. The van der Waals surface area contributed by atoms with E-state index in [0.29, 0.717) is 16.3 Å². The van der Waals surface area contributed by atoms with Gasteiger partial charge in [-0.3, -0.25) is 4.79 Å². The smallest absolute Gasteiger partial charge is 0.257 e. The van der Waals surface area contributed by atoms with E-state index in [1.54, 1.807) is 18.2 Å². The number of benzene rings is 2. The Bertz CT molecular complexity index is 724. The second kappa shape index (κ2) is 7.11. The zero-order chi connectivity index (χ0) is 17.1. The monoisotopic (exact) mass is 344 g/mol. The molecule has 1 aliphatic heterocycles. The molecule has 5 nitrogen and oxygen atoms in total. The molecule has 1 amide bonds. The quantitative estimate of drug-likeness (QED) is 0.840. The number of nitrogen functional groups attached to an aromatic ring is 1. The van der Waals surface area contributed by atoms with Crippen LogP contribution in [0.3, 0.4) is 0 Å². The molecule has 2 aromatic rings. The number of nitrogens with zero attached hydrogens (tertiary/aromatic N) is 2. The molecule has 2 aromatic carbocycles. The number of carbonyl (C=O) groups excluding carboxylic acids is 1. The number of likely N-dealkylation sites (N-methyl/N-ethyl adjacent to an activating group) is 1. The van der Waals surface area contributed by atoms with Gasteiger partial charge in [0.1, 0.15) is 0 Å². The highest BCUT2D eigenvalue weighted by atomic mass is 35.5. The fourth-order valence-corrected chi connectivity index (χ4v) is 2.93. The van der Waals surface area contributed by atoms with Gasteiger partial charge in [0.2, 0.25) is 0 Å². The first-order chi connectivity index (χ1) is 11.5. The number of rotatable bonds is 3. The number of carbonyl (C=O) groups is 1. The molecule has 0 radical (unpaired) electrons. The molecular formula is C18H21ClN4O. The maximum atomic E-state index is 12.3. The first kappa shape index (κ1) is 16.6. The van der Waals surface area contributed by atoms with E-state index in [1.807, 2.05) is 24.3 Å². The molecule has 0 aromatic heterocycles. The van der Waals surface area contributed by atoms with Gasteiger partial charge in [0.15, 0.2) is 0 Å². The standard InChI is InChI=1S/C18H21ClN4O/c1-22-9-11-23(12-10-22)14-7-5-13(6-8-14)21-18(24)15-3-2-4-16(19)17(15)20/h2-8H,9-12,20H2,1H3,(H,21,24). The summed E-state index contributed by atoms with van der Waals surface area (Å²) in [5.74, 6) is -0.262. The normalized spacial score (nSPS) is 15.3. The molecule has 0 bridgehead atoms. The van der Waals surface area contributed by atoms with E-state index < -0.39 is 0 Å². The lowest BCUT2D eigenvalue weighted by atomic mass is 10.1. The molecule has 24 heavy (non-hydrogen) atoms. The molecule has 3 rings (SSSR count). The molecule has 6 heteroatoms. The highest BCUT2D eigenvalue weighted by Crippen LogP contribution is 2.24. The highest BCUT2D eigenvalue weighted by Gasteiger charge is 2.15. The van der Waals surface area contributed by atoms with Gasteiger partial charge in [0.25, 0.3) is 5.91 Å². The summed E-state index contributed by atoms with van der Waals surface area (Å²) in [5.41, 5.74) is 8.45. The van der Waals surface area contributed by atoms with Crippen LogP contribution < -0.4 is 16.0 Å². The van der Waals surface area contributed by atoms with Gasteiger partial charge >= 0.3 is 0 Å². The SMILES string of the molecule is CN1CCN(c2ccc(NC(=O)c3cccc(Cl)c3N)cc2)CC1. The van der Waals surface area contributed by atoms with E-state index in [9.17, 15) is 4.79 Å². The lowest BCUT2D eigenvalue weighted by molar-refractivity contribution is 0.102. The second-order valence-electron chi connectivity index (χ2n) is 5.99. The Kier molecular flexibility index (Phi) is 4.92. The van der Waals surface area contributed by atoms with E-state index >= 15 is 0 Å².